The smallest absolute Gasteiger partial charge is 0.227 e. The zero-order valence-electron chi connectivity index (χ0n) is 15.0. The minimum absolute atomic E-state index is 0.218. The average molecular weight is 366 g/mol. The highest BCUT2D eigenvalue weighted by molar-refractivity contribution is 7.11. The molecule has 1 aliphatic heterocycles. The number of hydrogen-bond acceptors (Lipinski definition) is 4. The van der Waals surface area contributed by atoms with Crippen molar-refractivity contribution >= 4 is 28.0 Å². The first-order valence-electron chi connectivity index (χ1n) is 9.11. The Balaban J connectivity index is 1.52. The number of carbonyl (C=O) groups excluding carboxylic acids is 1. The summed E-state index contributed by atoms with van der Waals surface area (Å²) < 4.78 is 0. The third-order valence-electron chi connectivity index (χ3n) is 4.94. The van der Waals surface area contributed by atoms with Crippen molar-refractivity contribution in [2.24, 2.45) is 0 Å². The van der Waals surface area contributed by atoms with E-state index in [0.717, 1.165) is 48.2 Å². The highest BCUT2D eigenvalue weighted by Crippen LogP contribution is 2.25. The largest absolute Gasteiger partial charge is 0.340 e. The number of aromatic nitrogens is 1. The predicted molar refractivity (Wildman–Crippen MR) is 107 cm³/mol. The number of rotatable bonds is 4. The summed E-state index contributed by atoms with van der Waals surface area (Å²) in [6.07, 6.45) is 1.29. The highest BCUT2D eigenvalue weighted by Gasteiger charge is 2.19. The number of nitrogens with zero attached hydrogens (tertiary/aromatic N) is 2. The van der Waals surface area contributed by atoms with Gasteiger partial charge in [-0.25, -0.2) is 4.98 Å². The van der Waals surface area contributed by atoms with E-state index < -0.39 is 0 Å². The molecule has 26 heavy (non-hydrogen) atoms. The van der Waals surface area contributed by atoms with E-state index in [1.54, 1.807) is 11.3 Å². The van der Waals surface area contributed by atoms with Gasteiger partial charge >= 0.3 is 0 Å². The van der Waals surface area contributed by atoms with Crippen molar-refractivity contribution in [2.45, 2.75) is 19.8 Å². The average Bonchev–Trinajstić information content (AvgIpc) is 3.01. The lowest BCUT2D eigenvalue weighted by atomic mass is 10.0. The molecule has 1 saturated heterocycles. The lowest BCUT2D eigenvalue weighted by Crippen LogP contribution is -2.46. The van der Waals surface area contributed by atoms with Crippen LogP contribution in [0.5, 0.6) is 0 Å². The van der Waals surface area contributed by atoms with Gasteiger partial charge in [0.2, 0.25) is 5.91 Å². The summed E-state index contributed by atoms with van der Waals surface area (Å²) in [7, 11) is 0. The number of fused-ring (bicyclic) bond motifs is 1. The van der Waals surface area contributed by atoms with E-state index in [9.17, 15) is 4.79 Å². The summed E-state index contributed by atoms with van der Waals surface area (Å²) in [5.41, 5.74) is 2.28. The quantitative estimate of drug-likeness (QED) is 0.772. The number of nitrogens with one attached hydrogen (secondary N) is 1. The van der Waals surface area contributed by atoms with Crippen LogP contribution in [0.25, 0.3) is 10.8 Å². The number of piperazine rings is 1. The van der Waals surface area contributed by atoms with Crippen molar-refractivity contribution in [3.8, 4) is 0 Å². The fraction of sp³-hybridized carbons (Fsp3) is 0.333. The Kier molecular flexibility index (Phi) is 5.00. The van der Waals surface area contributed by atoms with Crippen molar-refractivity contribution < 1.29 is 4.79 Å². The topological polar surface area (TPSA) is 45.2 Å². The maximum atomic E-state index is 12.5. The molecule has 0 radical (unpaired) electrons. The molecule has 4 rings (SSSR count). The lowest BCUT2D eigenvalue weighted by molar-refractivity contribution is -0.130. The molecule has 0 saturated carbocycles. The summed E-state index contributed by atoms with van der Waals surface area (Å²) in [6, 6.07) is 14.9. The second-order valence-corrected chi connectivity index (χ2v) is 7.91. The van der Waals surface area contributed by atoms with Crippen LogP contribution in [0.4, 0.5) is 0 Å². The van der Waals surface area contributed by atoms with E-state index in [0.29, 0.717) is 6.42 Å². The normalized spacial score (nSPS) is 14.7. The number of aryl methyl sites for hydroxylation is 1. The molecular formula is C21H23N3OS. The molecule has 2 heterocycles. The van der Waals surface area contributed by atoms with Crippen LogP contribution in [0.2, 0.25) is 0 Å². The van der Waals surface area contributed by atoms with E-state index in [2.05, 4.69) is 47.8 Å². The van der Waals surface area contributed by atoms with Crippen molar-refractivity contribution in [2.75, 3.05) is 26.2 Å². The highest BCUT2D eigenvalue weighted by atomic mass is 32.1. The molecule has 2 aromatic carbocycles. The molecule has 4 nitrogen and oxygen atoms in total. The Morgan fingerprint density at radius 1 is 1.15 bits per heavy atom. The number of hydrogen-bond donors (Lipinski definition) is 1. The van der Waals surface area contributed by atoms with Gasteiger partial charge in [-0.1, -0.05) is 42.5 Å². The van der Waals surface area contributed by atoms with Gasteiger partial charge in [0.05, 0.1) is 17.1 Å². The van der Waals surface area contributed by atoms with Gasteiger partial charge < -0.3 is 10.2 Å². The van der Waals surface area contributed by atoms with Gasteiger partial charge in [-0.15, -0.1) is 11.3 Å². The van der Waals surface area contributed by atoms with E-state index >= 15 is 0 Å². The van der Waals surface area contributed by atoms with Crippen molar-refractivity contribution in [1.82, 2.24) is 15.2 Å². The monoisotopic (exact) mass is 365 g/mol. The van der Waals surface area contributed by atoms with E-state index in [-0.39, 0.29) is 5.91 Å². The minimum atomic E-state index is 0.218. The molecule has 1 N–H and O–H groups in total. The Morgan fingerprint density at radius 3 is 2.77 bits per heavy atom. The fourth-order valence-electron chi connectivity index (χ4n) is 3.50. The van der Waals surface area contributed by atoms with Gasteiger partial charge in [0.25, 0.3) is 0 Å². The summed E-state index contributed by atoms with van der Waals surface area (Å²) >= 11 is 1.68. The molecule has 0 spiro atoms. The van der Waals surface area contributed by atoms with Crippen LogP contribution >= 0.6 is 11.3 Å². The van der Waals surface area contributed by atoms with E-state index in [4.69, 9.17) is 4.98 Å². The Bertz CT molecular complexity index is 923. The molecule has 1 amide bonds. The Hall–Kier alpha value is -2.24. The maximum Gasteiger partial charge on any atom is 0.227 e. The standard InChI is InChI=1S/C21H23N3OS/c1-15-19(14-21(25)24-11-9-22-10-12-24)26-20(23-15)13-17-7-4-6-16-5-2-3-8-18(16)17/h2-8,22H,9-14H2,1H3. The van der Waals surface area contributed by atoms with Gasteiger partial charge in [-0.05, 0) is 23.3 Å². The van der Waals surface area contributed by atoms with Gasteiger partial charge in [0.1, 0.15) is 0 Å². The lowest BCUT2D eigenvalue weighted by Gasteiger charge is -2.27. The van der Waals surface area contributed by atoms with Crippen LogP contribution in [0.15, 0.2) is 42.5 Å². The van der Waals surface area contributed by atoms with Crippen molar-refractivity contribution in [1.29, 1.82) is 0 Å². The van der Waals surface area contributed by atoms with Crippen LogP contribution in [-0.4, -0.2) is 42.0 Å². The molecule has 5 heteroatoms. The van der Waals surface area contributed by atoms with Crippen LogP contribution in [0, 0.1) is 6.92 Å². The molecule has 1 aliphatic rings. The second kappa shape index (κ2) is 7.56. The first-order valence-corrected chi connectivity index (χ1v) is 9.92. The first kappa shape index (κ1) is 17.2. The maximum absolute atomic E-state index is 12.5. The summed E-state index contributed by atoms with van der Waals surface area (Å²) in [4.78, 5) is 20.3. The second-order valence-electron chi connectivity index (χ2n) is 6.74. The molecular weight excluding hydrogens is 342 g/mol. The molecule has 0 bridgehead atoms. The first-order chi connectivity index (χ1) is 12.7. The number of carbonyl (C=O) groups is 1. The van der Waals surface area contributed by atoms with Gasteiger partial charge in [-0.2, -0.15) is 0 Å². The fourth-order valence-corrected chi connectivity index (χ4v) is 4.58. The zero-order chi connectivity index (χ0) is 17.9. The molecule has 1 fully saturated rings. The van der Waals surface area contributed by atoms with Crippen LogP contribution < -0.4 is 5.32 Å². The van der Waals surface area contributed by atoms with Gasteiger partial charge in [0, 0.05) is 37.5 Å². The number of amides is 1. The predicted octanol–water partition coefficient (Wildman–Crippen LogP) is 3.17. The zero-order valence-corrected chi connectivity index (χ0v) is 15.8. The summed E-state index contributed by atoms with van der Waals surface area (Å²) in [6.45, 7) is 5.40. The molecule has 0 atom stereocenters. The number of benzene rings is 2. The van der Waals surface area contributed by atoms with Gasteiger partial charge in [-0.3, -0.25) is 4.79 Å². The van der Waals surface area contributed by atoms with Gasteiger partial charge in [0.15, 0.2) is 0 Å². The summed E-state index contributed by atoms with van der Waals surface area (Å²) in [5, 5.41) is 6.91. The van der Waals surface area contributed by atoms with Crippen LogP contribution in [0.1, 0.15) is 21.1 Å². The van der Waals surface area contributed by atoms with Crippen molar-refractivity contribution in [3.63, 3.8) is 0 Å². The van der Waals surface area contributed by atoms with Crippen LogP contribution in [0.3, 0.4) is 0 Å². The molecule has 0 unspecified atom stereocenters. The Labute approximate surface area is 157 Å². The molecule has 0 aliphatic carbocycles. The number of thiazole rings is 1. The Morgan fingerprint density at radius 2 is 1.92 bits per heavy atom. The molecule has 134 valence electrons. The van der Waals surface area contributed by atoms with E-state index in [1.807, 2.05) is 11.8 Å². The third-order valence-corrected chi connectivity index (χ3v) is 6.10. The van der Waals surface area contributed by atoms with E-state index in [1.165, 1.54) is 16.3 Å². The molecule has 3 aromatic rings. The van der Waals surface area contributed by atoms with Crippen molar-refractivity contribution in [3.05, 3.63) is 63.6 Å². The molecule has 1 aromatic heterocycles. The van der Waals surface area contributed by atoms with Crippen LogP contribution in [-0.2, 0) is 17.6 Å². The minimum Gasteiger partial charge on any atom is -0.340 e. The third kappa shape index (κ3) is 3.64. The SMILES string of the molecule is Cc1nc(Cc2cccc3ccccc23)sc1CC(=O)N1CCNCC1. The summed E-state index contributed by atoms with van der Waals surface area (Å²) in [5.74, 6) is 0.218.